The highest BCUT2D eigenvalue weighted by atomic mass is 32.3. The Bertz CT molecular complexity index is 665. The molecule has 226 valence electrons. The van der Waals surface area contributed by atoms with Crippen LogP contribution in [0, 0.1) is 5.41 Å². The SMILES string of the molecule is CCCCCCCCCCCCCC(CCCCCCCCCCCCC)(CC(=O)O)C(=O)OS(=O)(=O)O. The van der Waals surface area contributed by atoms with Crippen molar-refractivity contribution in [2.24, 2.45) is 5.41 Å². The number of carboxylic acid groups (broad SMARTS) is 1. The van der Waals surface area contributed by atoms with Gasteiger partial charge in [0.15, 0.2) is 0 Å². The molecule has 0 amide bonds. The van der Waals surface area contributed by atoms with Gasteiger partial charge in [-0.25, -0.2) is 0 Å². The van der Waals surface area contributed by atoms with E-state index in [1.807, 2.05) is 0 Å². The molecule has 0 aromatic rings. The Morgan fingerprint density at radius 3 is 1.13 bits per heavy atom. The molecule has 0 aliphatic rings. The van der Waals surface area contributed by atoms with Gasteiger partial charge in [-0.2, -0.15) is 8.42 Å². The van der Waals surface area contributed by atoms with E-state index in [1.54, 1.807) is 0 Å². The molecule has 0 heterocycles. The van der Waals surface area contributed by atoms with Crippen molar-refractivity contribution in [3.05, 3.63) is 0 Å². The van der Waals surface area contributed by atoms with Crippen LogP contribution in [0.1, 0.15) is 174 Å². The van der Waals surface area contributed by atoms with E-state index in [0.717, 1.165) is 38.5 Å². The van der Waals surface area contributed by atoms with Gasteiger partial charge in [-0.3, -0.25) is 14.1 Å². The zero-order chi connectivity index (χ0) is 28.5. The molecule has 0 atom stereocenters. The fourth-order valence-electron chi connectivity index (χ4n) is 5.31. The molecule has 0 aliphatic heterocycles. The van der Waals surface area contributed by atoms with Gasteiger partial charge in [0.25, 0.3) is 0 Å². The predicted molar refractivity (Wildman–Crippen MR) is 154 cm³/mol. The molecule has 0 fully saturated rings. The molecule has 0 unspecified atom stereocenters. The standard InChI is InChI=1S/C30H58O7S/c1-3-5-7-9-11-13-15-17-19-21-23-25-30(27-28(31)32,29(33)37-38(34,35)36)26-24-22-20-18-16-14-12-10-8-6-4-2/h3-27H2,1-2H3,(H,31,32)(H,34,35,36). The van der Waals surface area contributed by atoms with Gasteiger partial charge in [-0.05, 0) is 12.8 Å². The third-order valence-electron chi connectivity index (χ3n) is 7.62. The first-order valence-corrected chi connectivity index (χ1v) is 17.0. The van der Waals surface area contributed by atoms with Gasteiger partial charge in [0, 0.05) is 0 Å². The number of rotatable bonds is 28. The molecule has 38 heavy (non-hydrogen) atoms. The second-order valence-corrected chi connectivity index (χ2v) is 12.2. The highest BCUT2D eigenvalue weighted by molar-refractivity contribution is 7.81. The minimum absolute atomic E-state index is 0.252. The quantitative estimate of drug-likeness (QED) is 0.0720. The van der Waals surface area contributed by atoms with Crippen LogP contribution in [0.25, 0.3) is 0 Å². The summed E-state index contributed by atoms with van der Waals surface area (Å²) in [6.07, 6.45) is 24.8. The molecule has 0 aromatic heterocycles. The highest BCUT2D eigenvalue weighted by Gasteiger charge is 2.43. The first-order chi connectivity index (χ1) is 18.2. The molecular weight excluding hydrogens is 504 g/mol. The van der Waals surface area contributed by atoms with Gasteiger partial charge < -0.3 is 9.29 Å². The Balaban J connectivity index is 4.61. The van der Waals surface area contributed by atoms with Crippen LogP contribution in [-0.2, 0) is 24.2 Å². The smallest absolute Gasteiger partial charge is 0.448 e. The van der Waals surface area contributed by atoms with Crippen molar-refractivity contribution in [2.45, 2.75) is 174 Å². The number of hydrogen-bond acceptors (Lipinski definition) is 5. The van der Waals surface area contributed by atoms with Crippen molar-refractivity contribution >= 4 is 22.3 Å². The first kappa shape index (κ1) is 36.8. The summed E-state index contributed by atoms with van der Waals surface area (Å²) in [5.41, 5.74) is -1.43. The Labute approximate surface area is 233 Å². The van der Waals surface area contributed by atoms with Crippen molar-refractivity contribution in [3.8, 4) is 0 Å². The second kappa shape index (κ2) is 23.7. The van der Waals surface area contributed by atoms with E-state index in [1.165, 1.54) is 89.9 Å². The van der Waals surface area contributed by atoms with Crippen LogP contribution >= 0.6 is 0 Å². The molecule has 7 nitrogen and oxygen atoms in total. The lowest BCUT2D eigenvalue weighted by Gasteiger charge is -2.29. The number of carbonyl (C=O) groups is 2. The Morgan fingerprint density at radius 2 is 0.868 bits per heavy atom. The van der Waals surface area contributed by atoms with Crippen LogP contribution in [0.15, 0.2) is 0 Å². The topological polar surface area (TPSA) is 118 Å². The number of carboxylic acids is 1. The fraction of sp³-hybridized carbons (Fsp3) is 0.933. The van der Waals surface area contributed by atoms with Crippen molar-refractivity contribution < 1.29 is 31.8 Å². The van der Waals surface area contributed by atoms with E-state index >= 15 is 0 Å². The molecule has 0 bridgehead atoms. The minimum atomic E-state index is -4.99. The summed E-state index contributed by atoms with van der Waals surface area (Å²) in [5.74, 6) is -2.30. The summed E-state index contributed by atoms with van der Waals surface area (Å²) in [4.78, 5) is 24.5. The van der Waals surface area contributed by atoms with Crippen LogP contribution in [0.2, 0.25) is 0 Å². The average molecular weight is 563 g/mol. The lowest BCUT2D eigenvalue weighted by molar-refractivity contribution is -0.155. The monoisotopic (exact) mass is 562 g/mol. The minimum Gasteiger partial charge on any atom is -0.481 e. The molecule has 2 N–H and O–H groups in total. The van der Waals surface area contributed by atoms with Crippen molar-refractivity contribution in [2.75, 3.05) is 0 Å². The lowest BCUT2D eigenvalue weighted by atomic mass is 9.75. The highest BCUT2D eigenvalue weighted by Crippen LogP contribution is 2.37. The van der Waals surface area contributed by atoms with E-state index in [0.29, 0.717) is 12.8 Å². The molecule has 0 aliphatic carbocycles. The van der Waals surface area contributed by atoms with Crippen molar-refractivity contribution in [1.82, 2.24) is 0 Å². The van der Waals surface area contributed by atoms with E-state index < -0.39 is 34.2 Å². The van der Waals surface area contributed by atoms with Crippen LogP contribution in [0.3, 0.4) is 0 Å². The average Bonchev–Trinajstić information content (AvgIpc) is 2.84. The van der Waals surface area contributed by atoms with Crippen LogP contribution in [0.5, 0.6) is 0 Å². The van der Waals surface area contributed by atoms with E-state index in [4.69, 9.17) is 4.55 Å². The maximum atomic E-state index is 12.8. The normalized spacial score (nSPS) is 12.1. The van der Waals surface area contributed by atoms with E-state index in [2.05, 4.69) is 18.0 Å². The van der Waals surface area contributed by atoms with Gasteiger partial charge >= 0.3 is 22.3 Å². The summed E-state index contributed by atoms with van der Waals surface area (Å²) in [5, 5.41) is 9.53. The first-order valence-electron chi connectivity index (χ1n) is 15.6. The molecule has 8 heteroatoms. The molecule has 0 spiro atoms. The van der Waals surface area contributed by atoms with Gasteiger partial charge in [0.05, 0.1) is 11.8 Å². The lowest BCUT2D eigenvalue weighted by Crippen LogP contribution is -2.37. The van der Waals surface area contributed by atoms with Gasteiger partial charge in [-0.1, -0.05) is 155 Å². The molecule has 0 radical (unpaired) electrons. The van der Waals surface area contributed by atoms with Crippen LogP contribution < -0.4 is 0 Å². The Morgan fingerprint density at radius 1 is 0.579 bits per heavy atom. The molecule has 0 saturated heterocycles. The van der Waals surface area contributed by atoms with Crippen LogP contribution in [-0.4, -0.2) is 30.0 Å². The zero-order valence-electron chi connectivity index (χ0n) is 24.5. The van der Waals surface area contributed by atoms with E-state index in [9.17, 15) is 23.1 Å². The Kier molecular flexibility index (Phi) is 23.0. The third kappa shape index (κ3) is 21.7. The molecule has 0 aromatic carbocycles. The van der Waals surface area contributed by atoms with Gasteiger partial charge in [0.2, 0.25) is 0 Å². The van der Waals surface area contributed by atoms with E-state index in [-0.39, 0.29) is 12.8 Å². The molecular formula is C30H58O7S. The maximum Gasteiger partial charge on any atom is 0.448 e. The fourth-order valence-corrected chi connectivity index (χ4v) is 5.67. The number of hydrogen-bond donors (Lipinski definition) is 2. The molecule has 0 saturated carbocycles. The second-order valence-electron chi connectivity index (χ2n) is 11.2. The summed E-state index contributed by atoms with van der Waals surface area (Å²) < 4.78 is 35.9. The largest absolute Gasteiger partial charge is 0.481 e. The summed E-state index contributed by atoms with van der Waals surface area (Å²) in [6.45, 7) is 4.43. The van der Waals surface area contributed by atoms with Gasteiger partial charge in [0.1, 0.15) is 0 Å². The number of carbonyl (C=O) groups excluding carboxylic acids is 1. The maximum absolute atomic E-state index is 12.8. The summed E-state index contributed by atoms with van der Waals surface area (Å²) in [7, 11) is -4.99. The number of aliphatic carboxylic acids is 1. The van der Waals surface area contributed by atoms with Crippen molar-refractivity contribution in [1.29, 1.82) is 0 Å². The third-order valence-corrected chi connectivity index (χ3v) is 7.98. The molecule has 0 rings (SSSR count). The number of unbranched alkanes of at least 4 members (excludes halogenated alkanes) is 20. The zero-order valence-corrected chi connectivity index (χ0v) is 25.3. The predicted octanol–water partition coefficient (Wildman–Crippen LogP) is 9.20. The summed E-state index contributed by atoms with van der Waals surface area (Å²) >= 11 is 0. The Hall–Kier alpha value is -1.15. The van der Waals surface area contributed by atoms with Gasteiger partial charge in [-0.15, -0.1) is 0 Å². The summed E-state index contributed by atoms with van der Waals surface area (Å²) in [6, 6.07) is 0. The van der Waals surface area contributed by atoms with Crippen LogP contribution in [0.4, 0.5) is 0 Å². The van der Waals surface area contributed by atoms with Crippen molar-refractivity contribution in [3.63, 3.8) is 0 Å².